The second-order valence-corrected chi connectivity index (χ2v) is 5.33. The average molecular weight is 297 g/mol. The normalized spacial score (nSPS) is 17.6. The molecule has 1 aliphatic heterocycles. The number of hydrogen-bond acceptors (Lipinski definition) is 3. The Kier molecular flexibility index (Phi) is 3.58. The summed E-state index contributed by atoms with van der Waals surface area (Å²) in [6, 6.07) is 17.1. The van der Waals surface area contributed by atoms with E-state index in [2.05, 4.69) is 5.10 Å². The van der Waals surface area contributed by atoms with E-state index in [9.17, 15) is 5.11 Å². The van der Waals surface area contributed by atoms with Crippen LogP contribution in [0.2, 0.25) is 0 Å². The Morgan fingerprint density at radius 2 is 1.81 bits per heavy atom. The Morgan fingerprint density at radius 3 is 2.43 bits per heavy atom. The molecule has 2 aromatic rings. The molecule has 1 atom stereocenters. The standard InChI is InChI=1S/C16H15N3OS/c17-16(21)19-15(12-4-2-1-3-5-12)10-14(18-19)11-6-8-13(20)9-7-11/h1-9,15,20H,10H2,(H2,17,21). The van der Waals surface area contributed by atoms with Crippen LogP contribution in [0.1, 0.15) is 23.6 Å². The quantitative estimate of drug-likeness (QED) is 0.837. The third kappa shape index (κ3) is 2.73. The lowest BCUT2D eigenvalue weighted by atomic mass is 9.98. The Balaban J connectivity index is 1.93. The molecule has 0 saturated heterocycles. The number of aromatic hydroxyl groups is 1. The summed E-state index contributed by atoms with van der Waals surface area (Å²) in [5.41, 5.74) is 8.81. The van der Waals surface area contributed by atoms with Crippen LogP contribution < -0.4 is 5.73 Å². The number of nitrogens with two attached hydrogens (primary N) is 1. The van der Waals surface area contributed by atoms with Crippen LogP contribution in [0, 0.1) is 0 Å². The summed E-state index contributed by atoms with van der Waals surface area (Å²) in [6.45, 7) is 0. The molecule has 0 spiro atoms. The van der Waals surface area contributed by atoms with Gasteiger partial charge in [0.25, 0.3) is 0 Å². The third-order valence-corrected chi connectivity index (χ3v) is 3.71. The molecule has 0 fully saturated rings. The summed E-state index contributed by atoms with van der Waals surface area (Å²) in [5.74, 6) is 0.239. The SMILES string of the molecule is NC(=S)N1N=C(c2ccc(O)cc2)CC1c1ccccc1. The maximum absolute atomic E-state index is 9.38. The van der Waals surface area contributed by atoms with Crippen molar-refractivity contribution < 1.29 is 5.11 Å². The highest BCUT2D eigenvalue weighted by molar-refractivity contribution is 7.80. The number of rotatable bonds is 2. The van der Waals surface area contributed by atoms with Gasteiger partial charge >= 0.3 is 0 Å². The van der Waals surface area contributed by atoms with Crippen LogP contribution in [0.25, 0.3) is 0 Å². The first-order chi connectivity index (χ1) is 10.1. The van der Waals surface area contributed by atoms with E-state index in [0.717, 1.165) is 23.3 Å². The number of thiocarbonyl (C=S) groups is 1. The molecular formula is C16H15N3OS. The van der Waals surface area contributed by atoms with Gasteiger partial charge in [-0.05, 0) is 47.6 Å². The minimum Gasteiger partial charge on any atom is -0.508 e. The monoisotopic (exact) mass is 297 g/mol. The lowest BCUT2D eigenvalue weighted by Gasteiger charge is -2.21. The van der Waals surface area contributed by atoms with Crippen LogP contribution in [-0.2, 0) is 0 Å². The van der Waals surface area contributed by atoms with E-state index >= 15 is 0 Å². The predicted octanol–water partition coefficient (Wildman–Crippen LogP) is 2.79. The van der Waals surface area contributed by atoms with Crippen LogP contribution in [0.3, 0.4) is 0 Å². The maximum Gasteiger partial charge on any atom is 0.187 e. The number of nitrogens with zero attached hydrogens (tertiary/aromatic N) is 2. The lowest BCUT2D eigenvalue weighted by Crippen LogP contribution is -2.31. The maximum atomic E-state index is 9.38. The van der Waals surface area contributed by atoms with Gasteiger partial charge in [-0.3, -0.25) is 0 Å². The van der Waals surface area contributed by atoms with Crippen LogP contribution in [0.5, 0.6) is 5.75 Å². The lowest BCUT2D eigenvalue weighted by molar-refractivity contribution is 0.373. The number of phenols is 1. The minimum absolute atomic E-state index is 0.0208. The molecule has 0 aromatic heterocycles. The molecule has 1 heterocycles. The summed E-state index contributed by atoms with van der Waals surface area (Å²) in [6.07, 6.45) is 0.728. The molecule has 0 saturated carbocycles. The second-order valence-electron chi connectivity index (χ2n) is 4.91. The Hall–Kier alpha value is -2.40. The first kappa shape index (κ1) is 13.6. The van der Waals surface area contributed by atoms with E-state index in [-0.39, 0.29) is 16.9 Å². The van der Waals surface area contributed by atoms with E-state index in [1.807, 2.05) is 42.5 Å². The highest BCUT2D eigenvalue weighted by Crippen LogP contribution is 2.32. The summed E-state index contributed by atoms with van der Waals surface area (Å²) in [7, 11) is 0. The van der Waals surface area contributed by atoms with E-state index in [4.69, 9.17) is 18.0 Å². The van der Waals surface area contributed by atoms with Crippen molar-refractivity contribution in [1.82, 2.24) is 5.01 Å². The molecular weight excluding hydrogens is 282 g/mol. The first-order valence-electron chi connectivity index (χ1n) is 6.65. The fraction of sp³-hybridized carbons (Fsp3) is 0.125. The molecule has 3 N–H and O–H groups in total. The molecule has 3 rings (SSSR count). The van der Waals surface area contributed by atoms with Crippen molar-refractivity contribution in [2.45, 2.75) is 12.5 Å². The summed E-state index contributed by atoms with van der Waals surface area (Å²) in [5, 5.41) is 15.9. The number of benzene rings is 2. The van der Waals surface area contributed by atoms with E-state index in [1.165, 1.54) is 0 Å². The van der Waals surface area contributed by atoms with Crippen molar-refractivity contribution in [3.63, 3.8) is 0 Å². The largest absolute Gasteiger partial charge is 0.508 e. The van der Waals surface area contributed by atoms with Crippen molar-refractivity contribution >= 4 is 23.0 Å². The molecule has 0 bridgehead atoms. The summed E-state index contributed by atoms with van der Waals surface area (Å²) in [4.78, 5) is 0. The molecule has 0 amide bonds. The van der Waals surface area contributed by atoms with Crippen molar-refractivity contribution in [2.75, 3.05) is 0 Å². The van der Waals surface area contributed by atoms with E-state index in [1.54, 1.807) is 17.1 Å². The van der Waals surface area contributed by atoms with Gasteiger partial charge in [0.05, 0.1) is 11.8 Å². The summed E-state index contributed by atoms with van der Waals surface area (Å²) < 4.78 is 0. The van der Waals surface area contributed by atoms with Crippen LogP contribution in [-0.4, -0.2) is 20.9 Å². The van der Waals surface area contributed by atoms with Crippen LogP contribution in [0.15, 0.2) is 59.7 Å². The zero-order chi connectivity index (χ0) is 14.8. The Morgan fingerprint density at radius 1 is 1.14 bits per heavy atom. The zero-order valence-corrected chi connectivity index (χ0v) is 12.1. The van der Waals surface area contributed by atoms with Gasteiger partial charge in [-0.15, -0.1) is 0 Å². The molecule has 106 valence electrons. The van der Waals surface area contributed by atoms with Crippen molar-refractivity contribution in [3.05, 3.63) is 65.7 Å². The van der Waals surface area contributed by atoms with E-state index < -0.39 is 0 Å². The second kappa shape index (κ2) is 5.54. The van der Waals surface area contributed by atoms with Gasteiger partial charge in [-0.2, -0.15) is 5.10 Å². The molecule has 21 heavy (non-hydrogen) atoms. The van der Waals surface area contributed by atoms with Gasteiger partial charge in [-0.25, -0.2) is 5.01 Å². The van der Waals surface area contributed by atoms with E-state index in [0.29, 0.717) is 0 Å². The molecule has 0 radical (unpaired) electrons. The first-order valence-corrected chi connectivity index (χ1v) is 7.06. The van der Waals surface area contributed by atoms with Gasteiger partial charge in [0.15, 0.2) is 5.11 Å². The van der Waals surface area contributed by atoms with Gasteiger partial charge < -0.3 is 10.8 Å². The van der Waals surface area contributed by atoms with Crippen LogP contribution >= 0.6 is 12.2 Å². The fourth-order valence-corrected chi connectivity index (χ4v) is 2.64. The van der Waals surface area contributed by atoms with Crippen molar-refractivity contribution in [1.29, 1.82) is 0 Å². The highest BCUT2D eigenvalue weighted by atomic mass is 32.1. The van der Waals surface area contributed by atoms with Gasteiger partial charge in [0.2, 0.25) is 0 Å². The Bertz CT molecular complexity index is 682. The highest BCUT2D eigenvalue weighted by Gasteiger charge is 2.30. The Labute approximate surface area is 128 Å². The smallest absolute Gasteiger partial charge is 0.187 e. The zero-order valence-electron chi connectivity index (χ0n) is 11.3. The minimum atomic E-state index is 0.0208. The topological polar surface area (TPSA) is 61.8 Å². The summed E-state index contributed by atoms with van der Waals surface area (Å²) >= 11 is 5.11. The van der Waals surface area contributed by atoms with Gasteiger partial charge in [0, 0.05) is 6.42 Å². The third-order valence-electron chi connectivity index (χ3n) is 3.52. The van der Waals surface area contributed by atoms with Gasteiger partial charge in [-0.1, -0.05) is 30.3 Å². The molecule has 0 aliphatic carbocycles. The molecule has 2 aromatic carbocycles. The van der Waals surface area contributed by atoms with Gasteiger partial charge in [0.1, 0.15) is 5.75 Å². The number of hydrazone groups is 1. The fourth-order valence-electron chi connectivity index (χ4n) is 2.48. The van der Waals surface area contributed by atoms with Crippen molar-refractivity contribution in [2.24, 2.45) is 10.8 Å². The predicted molar refractivity (Wildman–Crippen MR) is 87.1 cm³/mol. The molecule has 5 heteroatoms. The molecule has 4 nitrogen and oxygen atoms in total. The van der Waals surface area contributed by atoms with Crippen molar-refractivity contribution in [3.8, 4) is 5.75 Å². The number of phenolic OH excluding ortho intramolecular Hbond substituents is 1. The number of hydrogen-bond donors (Lipinski definition) is 2. The molecule has 1 unspecified atom stereocenters. The van der Waals surface area contributed by atoms with Crippen LogP contribution in [0.4, 0.5) is 0 Å². The average Bonchev–Trinajstić information content (AvgIpc) is 2.94. The molecule has 1 aliphatic rings.